The van der Waals surface area contributed by atoms with Crippen molar-refractivity contribution >= 4 is 35.8 Å². The molecule has 0 unspecified atom stereocenters. The minimum atomic E-state index is 0. The van der Waals surface area contributed by atoms with Crippen molar-refractivity contribution in [2.24, 2.45) is 4.99 Å². The number of aliphatic imine (C=N–C) groups is 1. The number of hydrogen-bond acceptors (Lipinski definition) is 4. The molecule has 1 aromatic carbocycles. The molecule has 8 heteroatoms. The molecule has 1 aliphatic heterocycles. The van der Waals surface area contributed by atoms with E-state index in [1.165, 1.54) is 12.8 Å². The summed E-state index contributed by atoms with van der Waals surface area (Å²) in [4.78, 5) is 16.1. The molecule has 1 fully saturated rings. The van der Waals surface area contributed by atoms with Crippen LogP contribution in [-0.4, -0.2) is 38.3 Å². The van der Waals surface area contributed by atoms with E-state index in [1.54, 1.807) is 7.05 Å². The molecule has 1 aliphatic carbocycles. The van der Waals surface area contributed by atoms with Crippen LogP contribution >= 0.6 is 24.0 Å². The van der Waals surface area contributed by atoms with E-state index in [0.717, 1.165) is 29.9 Å². The van der Waals surface area contributed by atoms with Gasteiger partial charge in [-0.15, -0.1) is 24.0 Å². The number of rotatable bonds is 6. The third-order valence-electron chi connectivity index (χ3n) is 4.49. The van der Waals surface area contributed by atoms with Gasteiger partial charge in [0.2, 0.25) is 12.7 Å². The lowest BCUT2D eigenvalue weighted by molar-refractivity contribution is -0.121. The van der Waals surface area contributed by atoms with E-state index in [4.69, 9.17) is 9.47 Å². The SMILES string of the molecule is CN=C(NCCC(=O)NC1CCCC1)NCc1ccc2c(c1)OCO2.I. The lowest BCUT2D eigenvalue weighted by Crippen LogP contribution is -2.40. The van der Waals surface area contributed by atoms with Crippen LogP contribution in [-0.2, 0) is 11.3 Å². The van der Waals surface area contributed by atoms with Gasteiger partial charge >= 0.3 is 0 Å². The number of carbonyl (C=O) groups excluding carboxylic acids is 1. The molecular weight excluding hydrogens is 447 g/mol. The van der Waals surface area contributed by atoms with E-state index < -0.39 is 0 Å². The Bertz CT molecular complexity index is 633. The third kappa shape index (κ3) is 5.93. The molecule has 3 N–H and O–H groups in total. The van der Waals surface area contributed by atoms with Crippen LogP contribution in [0.2, 0.25) is 0 Å². The van der Waals surface area contributed by atoms with E-state index in [9.17, 15) is 4.79 Å². The monoisotopic (exact) mass is 474 g/mol. The Morgan fingerprint density at radius 3 is 2.73 bits per heavy atom. The van der Waals surface area contributed by atoms with E-state index in [1.807, 2.05) is 18.2 Å². The van der Waals surface area contributed by atoms with Gasteiger partial charge in [-0.3, -0.25) is 9.79 Å². The molecule has 7 nitrogen and oxygen atoms in total. The fourth-order valence-electron chi connectivity index (χ4n) is 3.12. The Hall–Kier alpha value is -1.71. The molecule has 0 atom stereocenters. The van der Waals surface area contributed by atoms with Crippen LogP contribution in [0.15, 0.2) is 23.2 Å². The first kappa shape index (κ1) is 20.6. The number of benzene rings is 1. The number of nitrogens with zero attached hydrogens (tertiary/aromatic N) is 1. The standard InChI is InChI=1S/C18H26N4O3.HI/c1-19-18(20-9-8-17(23)22-14-4-2-3-5-14)21-11-13-6-7-15-16(10-13)25-12-24-15;/h6-7,10,14H,2-5,8-9,11-12H2,1H3,(H,22,23)(H2,19,20,21);1H. The van der Waals surface area contributed by atoms with E-state index >= 15 is 0 Å². The molecule has 26 heavy (non-hydrogen) atoms. The maximum atomic E-state index is 11.9. The van der Waals surface area contributed by atoms with Gasteiger partial charge in [-0.25, -0.2) is 0 Å². The first-order valence-corrected chi connectivity index (χ1v) is 8.87. The number of amides is 1. The van der Waals surface area contributed by atoms with Crippen LogP contribution < -0.4 is 25.4 Å². The van der Waals surface area contributed by atoms with Crippen molar-refractivity contribution in [3.05, 3.63) is 23.8 Å². The summed E-state index contributed by atoms with van der Waals surface area (Å²) in [5.74, 6) is 2.32. The van der Waals surface area contributed by atoms with Gasteiger partial charge in [-0.2, -0.15) is 0 Å². The van der Waals surface area contributed by atoms with Gasteiger partial charge in [0.15, 0.2) is 17.5 Å². The number of guanidine groups is 1. The quantitative estimate of drug-likeness (QED) is 0.335. The lowest BCUT2D eigenvalue weighted by atomic mass is 10.2. The number of halogens is 1. The predicted octanol–water partition coefficient (Wildman–Crippen LogP) is 2.15. The Labute approximate surface area is 171 Å². The van der Waals surface area contributed by atoms with Crippen LogP contribution in [0.25, 0.3) is 0 Å². The van der Waals surface area contributed by atoms with Crippen molar-refractivity contribution in [3.8, 4) is 11.5 Å². The number of ether oxygens (including phenoxy) is 2. The summed E-state index contributed by atoms with van der Waals surface area (Å²) >= 11 is 0. The van der Waals surface area contributed by atoms with Gasteiger partial charge in [-0.1, -0.05) is 18.9 Å². The Morgan fingerprint density at radius 2 is 1.96 bits per heavy atom. The van der Waals surface area contributed by atoms with Gasteiger partial charge < -0.3 is 25.4 Å². The Morgan fingerprint density at radius 1 is 1.19 bits per heavy atom. The fourth-order valence-corrected chi connectivity index (χ4v) is 3.12. The molecule has 0 radical (unpaired) electrons. The molecule has 1 saturated carbocycles. The molecule has 144 valence electrons. The summed E-state index contributed by atoms with van der Waals surface area (Å²) in [6.45, 7) is 1.45. The number of hydrogen-bond donors (Lipinski definition) is 3. The topological polar surface area (TPSA) is 84.0 Å². The number of nitrogens with one attached hydrogen (secondary N) is 3. The zero-order valence-electron chi connectivity index (χ0n) is 15.0. The predicted molar refractivity (Wildman–Crippen MR) is 111 cm³/mol. The van der Waals surface area contributed by atoms with Crippen LogP contribution in [0.4, 0.5) is 0 Å². The van der Waals surface area contributed by atoms with E-state index in [-0.39, 0.29) is 36.7 Å². The highest BCUT2D eigenvalue weighted by Gasteiger charge is 2.17. The second-order valence-corrected chi connectivity index (χ2v) is 6.34. The normalized spacial score (nSPS) is 16.1. The third-order valence-corrected chi connectivity index (χ3v) is 4.49. The average Bonchev–Trinajstić information content (AvgIpc) is 3.28. The highest BCUT2D eigenvalue weighted by Crippen LogP contribution is 2.32. The largest absolute Gasteiger partial charge is 0.454 e. The van der Waals surface area contributed by atoms with Crippen LogP contribution in [0, 0.1) is 0 Å². The summed E-state index contributed by atoms with van der Waals surface area (Å²) in [6.07, 6.45) is 5.11. The summed E-state index contributed by atoms with van der Waals surface area (Å²) in [6, 6.07) is 6.22. The second kappa shape index (κ2) is 10.4. The van der Waals surface area contributed by atoms with Gasteiger partial charge in [0.05, 0.1) is 0 Å². The minimum Gasteiger partial charge on any atom is -0.454 e. The lowest BCUT2D eigenvalue weighted by Gasteiger charge is -2.14. The van der Waals surface area contributed by atoms with Gasteiger partial charge in [-0.05, 0) is 30.5 Å². The summed E-state index contributed by atoms with van der Waals surface area (Å²) < 4.78 is 10.7. The Balaban J connectivity index is 0.00000243. The van der Waals surface area contributed by atoms with E-state index in [0.29, 0.717) is 31.5 Å². The van der Waals surface area contributed by atoms with Crippen molar-refractivity contribution < 1.29 is 14.3 Å². The summed E-state index contributed by atoms with van der Waals surface area (Å²) in [7, 11) is 1.72. The molecule has 1 heterocycles. The maximum absolute atomic E-state index is 11.9. The van der Waals surface area contributed by atoms with Crippen molar-refractivity contribution in [3.63, 3.8) is 0 Å². The highest BCUT2D eigenvalue weighted by molar-refractivity contribution is 14.0. The van der Waals surface area contributed by atoms with Gasteiger partial charge in [0, 0.05) is 32.6 Å². The van der Waals surface area contributed by atoms with Crippen LogP contribution in [0.1, 0.15) is 37.7 Å². The molecule has 0 bridgehead atoms. The fraction of sp³-hybridized carbons (Fsp3) is 0.556. The second-order valence-electron chi connectivity index (χ2n) is 6.34. The molecule has 3 rings (SSSR count). The van der Waals surface area contributed by atoms with Gasteiger partial charge in [0.25, 0.3) is 0 Å². The van der Waals surface area contributed by atoms with E-state index in [2.05, 4.69) is 20.9 Å². The first-order valence-electron chi connectivity index (χ1n) is 8.87. The van der Waals surface area contributed by atoms with Gasteiger partial charge in [0.1, 0.15) is 0 Å². The van der Waals surface area contributed by atoms with Crippen LogP contribution in [0.5, 0.6) is 11.5 Å². The minimum absolute atomic E-state index is 0. The number of fused-ring (bicyclic) bond motifs is 1. The van der Waals surface area contributed by atoms with Crippen LogP contribution in [0.3, 0.4) is 0 Å². The Kier molecular flexibility index (Phi) is 8.27. The molecule has 1 aromatic rings. The zero-order chi connectivity index (χ0) is 17.5. The molecular formula is C18H27IN4O3. The molecule has 0 aromatic heterocycles. The summed E-state index contributed by atoms with van der Waals surface area (Å²) in [5, 5.41) is 9.49. The van der Waals surface area contributed by atoms with Crippen molar-refractivity contribution in [2.75, 3.05) is 20.4 Å². The molecule has 2 aliphatic rings. The zero-order valence-corrected chi connectivity index (χ0v) is 17.4. The smallest absolute Gasteiger partial charge is 0.231 e. The highest BCUT2D eigenvalue weighted by atomic mass is 127. The number of carbonyl (C=O) groups is 1. The van der Waals surface area contributed by atoms with Crippen molar-refractivity contribution in [1.82, 2.24) is 16.0 Å². The van der Waals surface area contributed by atoms with Crippen molar-refractivity contribution in [1.29, 1.82) is 0 Å². The first-order chi connectivity index (χ1) is 12.2. The maximum Gasteiger partial charge on any atom is 0.231 e. The summed E-state index contributed by atoms with van der Waals surface area (Å²) in [5.41, 5.74) is 1.08. The van der Waals surface area contributed by atoms with Crippen molar-refractivity contribution in [2.45, 2.75) is 44.7 Å². The average molecular weight is 474 g/mol. The molecule has 1 amide bonds. The molecule has 0 spiro atoms. The molecule has 0 saturated heterocycles.